The highest BCUT2D eigenvalue weighted by atomic mass is 16.6. The Morgan fingerprint density at radius 2 is 2.10 bits per heavy atom. The Kier molecular flexibility index (Phi) is 4.62. The second-order valence-electron chi connectivity index (χ2n) is 5.71. The molecule has 112 valence electrons. The molecule has 1 aliphatic rings. The first kappa shape index (κ1) is 14.8. The molecule has 1 atom stereocenters. The van der Waals surface area contributed by atoms with Gasteiger partial charge in [0.2, 0.25) is 5.82 Å². The topological polar surface area (TPSA) is 73.0 Å². The third kappa shape index (κ3) is 2.94. The molecule has 6 heteroatoms. The summed E-state index contributed by atoms with van der Waals surface area (Å²) in [5.74, 6) is 1.15. The van der Waals surface area contributed by atoms with Gasteiger partial charge in [0.25, 0.3) is 0 Å². The van der Waals surface area contributed by atoms with E-state index in [1.165, 1.54) is 32.1 Å². The Hall–Kier alpha value is -1.59. The zero-order valence-corrected chi connectivity index (χ0v) is 12.6. The van der Waals surface area contributed by atoms with E-state index in [0.29, 0.717) is 23.9 Å². The fraction of sp³-hybridized carbons (Fsp3) is 0.786. The van der Waals surface area contributed by atoms with E-state index in [4.69, 9.17) is 0 Å². The van der Waals surface area contributed by atoms with Crippen molar-refractivity contribution in [3.05, 3.63) is 15.8 Å². The monoisotopic (exact) mass is 280 g/mol. The summed E-state index contributed by atoms with van der Waals surface area (Å²) >= 11 is 0. The molecule has 1 aromatic heterocycles. The molecule has 0 bridgehead atoms. The molecule has 2 rings (SSSR count). The minimum Gasteiger partial charge on any atom is -0.362 e. The van der Waals surface area contributed by atoms with Crippen LogP contribution in [0.15, 0.2) is 0 Å². The molecule has 1 aliphatic carbocycles. The van der Waals surface area contributed by atoms with E-state index in [2.05, 4.69) is 17.3 Å². The normalized spacial score (nSPS) is 17.9. The van der Waals surface area contributed by atoms with E-state index in [-0.39, 0.29) is 16.7 Å². The largest absolute Gasteiger partial charge is 0.362 e. The molecule has 1 fully saturated rings. The lowest BCUT2D eigenvalue weighted by Crippen LogP contribution is -2.28. The molecule has 0 radical (unpaired) electrons. The summed E-state index contributed by atoms with van der Waals surface area (Å²) in [5, 5.41) is 18.9. The number of rotatable bonds is 5. The van der Waals surface area contributed by atoms with Crippen LogP contribution in [0.5, 0.6) is 0 Å². The molecule has 0 amide bonds. The highest BCUT2D eigenvalue weighted by molar-refractivity contribution is 5.60. The molecule has 1 unspecified atom stereocenters. The molecule has 1 heterocycles. The predicted molar refractivity (Wildman–Crippen MR) is 78.9 cm³/mol. The van der Waals surface area contributed by atoms with Gasteiger partial charge in [-0.25, -0.2) is 4.68 Å². The van der Waals surface area contributed by atoms with Crippen molar-refractivity contribution < 1.29 is 4.92 Å². The summed E-state index contributed by atoms with van der Waals surface area (Å²) in [4.78, 5) is 11.0. The fourth-order valence-corrected chi connectivity index (χ4v) is 3.13. The minimum absolute atomic E-state index is 0.137. The van der Waals surface area contributed by atoms with Crippen LogP contribution in [0.25, 0.3) is 0 Å². The highest BCUT2D eigenvalue weighted by Gasteiger charge is 2.28. The van der Waals surface area contributed by atoms with Crippen LogP contribution < -0.4 is 5.32 Å². The molecule has 20 heavy (non-hydrogen) atoms. The van der Waals surface area contributed by atoms with Gasteiger partial charge in [0.1, 0.15) is 5.69 Å². The minimum atomic E-state index is -0.318. The number of nitrogens with zero attached hydrogens (tertiary/aromatic N) is 3. The molecule has 6 nitrogen and oxygen atoms in total. The lowest BCUT2D eigenvalue weighted by Gasteiger charge is -2.28. The molecule has 1 N–H and O–H groups in total. The maximum Gasteiger partial charge on any atom is 0.333 e. The van der Waals surface area contributed by atoms with Gasteiger partial charge >= 0.3 is 5.69 Å². The zero-order valence-electron chi connectivity index (χ0n) is 12.6. The Morgan fingerprint density at radius 3 is 2.65 bits per heavy atom. The molecule has 1 saturated carbocycles. The van der Waals surface area contributed by atoms with E-state index >= 15 is 0 Å². The number of nitrogens with one attached hydrogen (secondary N) is 1. The van der Waals surface area contributed by atoms with Crippen molar-refractivity contribution >= 4 is 11.5 Å². The Balaban J connectivity index is 2.19. The molecule has 0 aliphatic heterocycles. The third-order valence-corrected chi connectivity index (χ3v) is 4.33. The number of hydrogen-bond donors (Lipinski definition) is 1. The van der Waals surface area contributed by atoms with Crippen molar-refractivity contribution in [2.24, 2.45) is 13.0 Å². The number of anilines is 1. The second-order valence-corrected chi connectivity index (χ2v) is 5.71. The average molecular weight is 280 g/mol. The van der Waals surface area contributed by atoms with Crippen LogP contribution in [-0.4, -0.2) is 20.7 Å². The molecule has 0 aromatic carbocycles. The van der Waals surface area contributed by atoms with Crippen molar-refractivity contribution in [1.82, 2.24) is 9.78 Å². The zero-order chi connectivity index (χ0) is 14.7. The predicted octanol–water partition coefficient (Wildman–Crippen LogP) is 3.27. The molecular weight excluding hydrogens is 256 g/mol. The number of nitro groups is 1. The second kappa shape index (κ2) is 6.24. The van der Waals surface area contributed by atoms with Gasteiger partial charge < -0.3 is 5.32 Å². The van der Waals surface area contributed by atoms with Gasteiger partial charge in [0, 0.05) is 13.1 Å². The average Bonchev–Trinajstić information content (AvgIpc) is 2.76. The summed E-state index contributed by atoms with van der Waals surface area (Å²) in [6.07, 6.45) is 6.84. The van der Waals surface area contributed by atoms with Gasteiger partial charge in [-0.1, -0.05) is 26.2 Å². The van der Waals surface area contributed by atoms with Gasteiger partial charge in [-0.05, 0) is 32.1 Å². The van der Waals surface area contributed by atoms with Gasteiger partial charge in [-0.3, -0.25) is 10.1 Å². The number of aryl methyl sites for hydroxylation is 2. The quantitative estimate of drug-likeness (QED) is 0.663. The van der Waals surface area contributed by atoms with Gasteiger partial charge in [-0.2, -0.15) is 5.10 Å². The maximum atomic E-state index is 11.3. The van der Waals surface area contributed by atoms with Crippen LogP contribution in [0.4, 0.5) is 11.5 Å². The van der Waals surface area contributed by atoms with Crippen LogP contribution in [0.3, 0.4) is 0 Å². The smallest absolute Gasteiger partial charge is 0.333 e. The van der Waals surface area contributed by atoms with E-state index < -0.39 is 0 Å². The molecule has 0 saturated heterocycles. The van der Waals surface area contributed by atoms with Crippen molar-refractivity contribution in [2.75, 3.05) is 5.32 Å². The molecule has 1 aromatic rings. The Bertz CT molecular complexity index is 478. The number of hydrogen-bond acceptors (Lipinski definition) is 4. The lowest BCUT2D eigenvalue weighted by atomic mass is 9.84. The summed E-state index contributed by atoms with van der Waals surface area (Å²) < 4.78 is 1.61. The Morgan fingerprint density at radius 1 is 1.45 bits per heavy atom. The summed E-state index contributed by atoms with van der Waals surface area (Å²) in [5.41, 5.74) is 0.688. The van der Waals surface area contributed by atoms with Crippen LogP contribution >= 0.6 is 0 Å². The maximum absolute atomic E-state index is 11.3. The van der Waals surface area contributed by atoms with Crippen LogP contribution in [-0.2, 0) is 13.5 Å². The van der Waals surface area contributed by atoms with Gasteiger partial charge in [0.05, 0.1) is 4.92 Å². The molecule has 0 spiro atoms. The first-order valence-corrected chi connectivity index (χ1v) is 7.51. The first-order valence-electron chi connectivity index (χ1n) is 7.51. The van der Waals surface area contributed by atoms with Crippen molar-refractivity contribution in [3.8, 4) is 0 Å². The highest BCUT2D eigenvalue weighted by Crippen LogP contribution is 2.32. The van der Waals surface area contributed by atoms with E-state index in [1.54, 1.807) is 11.7 Å². The van der Waals surface area contributed by atoms with Crippen molar-refractivity contribution in [3.63, 3.8) is 0 Å². The van der Waals surface area contributed by atoms with E-state index in [9.17, 15) is 10.1 Å². The third-order valence-electron chi connectivity index (χ3n) is 4.33. The summed E-state index contributed by atoms with van der Waals surface area (Å²) in [6, 6.07) is 0.245. The number of aromatic nitrogens is 2. The van der Waals surface area contributed by atoms with Gasteiger partial charge in [-0.15, -0.1) is 0 Å². The summed E-state index contributed by atoms with van der Waals surface area (Å²) in [7, 11) is 1.77. The fourth-order valence-electron chi connectivity index (χ4n) is 3.13. The van der Waals surface area contributed by atoms with Crippen molar-refractivity contribution in [2.45, 2.75) is 58.4 Å². The Labute approximate surface area is 119 Å². The SMILES string of the molecule is CCc1nn(C)c(NC(C)C2CCCCC2)c1[N+](=O)[O-]. The summed E-state index contributed by atoms with van der Waals surface area (Å²) in [6.45, 7) is 4.02. The van der Waals surface area contributed by atoms with E-state index in [0.717, 1.165) is 0 Å². The van der Waals surface area contributed by atoms with Crippen molar-refractivity contribution in [1.29, 1.82) is 0 Å². The van der Waals surface area contributed by atoms with Gasteiger partial charge in [0.15, 0.2) is 0 Å². The van der Waals surface area contributed by atoms with Crippen LogP contribution in [0.2, 0.25) is 0 Å². The van der Waals surface area contributed by atoms with Crippen LogP contribution in [0, 0.1) is 16.0 Å². The standard InChI is InChI=1S/C14H24N4O2/c1-4-12-13(18(19)20)14(17(3)16-12)15-10(2)11-8-6-5-7-9-11/h10-11,15H,4-9H2,1-3H3. The lowest BCUT2D eigenvalue weighted by molar-refractivity contribution is -0.384. The van der Waals surface area contributed by atoms with Crippen LogP contribution in [0.1, 0.15) is 51.6 Å². The van der Waals surface area contributed by atoms with E-state index in [1.807, 2.05) is 6.92 Å². The first-order chi connectivity index (χ1) is 9.54. The molecular formula is C14H24N4O2.